The van der Waals surface area contributed by atoms with Gasteiger partial charge < -0.3 is 4.52 Å². The molecule has 0 saturated carbocycles. The van der Waals surface area contributed by atoms with Crippen LogP contribution in [0.1, 0.15) is 18.2 Å². The molecule has 0 aliphatic rings. The quantitative estimate of drug-likeness (QED) is 0.341. The van der Waals surface area contributed by atoms with Gasteiger partial charge in [-0.1, -0.05) is 40.5 Å². The Balaban J connectivity index is 1.97. The fourth-order valence-corrected chi connectivity index (χ4v) is 3.65. The van der Waals surface area contributed by atoms with E-state index in [4.69, 9.17) is 27.7 Å². The first-order chi connectivity index (χ1) is 14.7. The van der Waals surface area contributed by atoms with E-state index >= 15 is 0 Å². The highest BCUT2D eigenvalue weighted by atomic mass is 35.5. The van der Waals surface area contributed by atoms with Crippen LogP contribution in [0.15, 0.2) is 53.2 Å². The number of alkyl halides is 2. The molecular formula is C21H11Cl2F3N4O. The van der Waals surface area contributed by atoms with Gasteiger partial charge in [-0.3, -0.25) is 0 Å². The molecule has 5 nitrogen and oxygen atoms in total. The first-order valence-electron chi connectivity index (χ1n) is 8.79. The van der Waals surface area contributed by atoms with Crippen LogP contribution in [0.3, 0.4) is 0 Å². The minimum atomic E-state index is -3.39. The molecule has 2 aromatic heterocycles. The lowest BCUT2D eigenvalue weighted by molar-refractivity contribution is 0.0107. The van der Waals surface area contributed by atoms with Crippen LogP contribution >= 0.6 is 23.2 Å². The number of aromatic nitrogens is 3. The second-order valence-corrected chi connectivity index (χ2v) is 7.47. The molecule has 0 unspecified atom stereocenters. The van der Waals surface area contributed by atoms with Crippen molar-refractivity contribution < 1.29 is 17.7 Å². The molecule has 0 spiro atoms. The maximum atomic E-state index is 14.7. The number of nitrogens with zero attached hydrogens (tertiary/aromatic N) is 4. The SMILES string of the molecule is CC(F)(F)c1c(-c2onc(-c3c(F)cccc3Cl)c2C#N)cnn1-c1cccc(Cl)c1. The topological polar surface area (TPSA) is 67.6 Å². The van der Waals surface area contributed by atoms with Gasteiger partial charge in [0.15, 0.2) is 5.76 Å². The van der Waals surface area contributed by atoms with E-state index in [0.29, 0.717) is 11.9 Å². The molecule has 0 saturated heterocycles. The highest BCUT2D eigenvalue weighted by molar-refractivity contribution is 6.33. The Morgan fingerprint density at radius 3 is 2.55 bits per heavy atom. The molecular weight excluding hydrogens is 452 g/mol. The molecule has 2 heterocycles. The predicted molar refractivity (Wildman–Crippen MR) is 109 cm³/mol. The summed E-state index contributed by atoms with van der Waals surface area (Å²) in [6.45, 7) is 0.686. The van der Waals surface area contributed by atoms with E-state index in [-0.39, 0.29) is 38.9 Å². The number of hydrogen-bond acceptors (Lipinski definition) is 4. The molecule has 0 fully saturated rings. The average molecular weight is 463 g/mol. The van der Waals surface area contributed by atoms with E-state index in [1.807, 2.05) is 6.07 Å². The summed E-state index contributed by atoms with van der Waals surface area (Å²) in [7, 11) is 0. The molecule has 0 radical (unpaired) electrons. The van der Waals surface area contributed by atoms with E-state index < -0.39 is 17.4 Å². The van der Waals surface area contributed by atoms with Crippen molar-refractivity contribution in [2.45, 2.75) is 12.8 Å². The summed E-state index contributed by atoms with van der Waals surface area (Å²) >= 11 is 12.1. The number of hydrogen-bond donors (Lipinski definition) is 0. The molecule has 156 valence electrons. The third-order valence-electron chi connectivity index (χ3n) is 4.49. The van der Waals surface area contributed by atoms with Crippen molar-refractivity contribution in [2.75, 3.05) is 0 Å². The van der Waals surface area contributed by atoms with Gasteiger partial charge in [-0.05, 0) is 30.3 Å². The number of benzene rings is 2. The summed E-state index contributed by atoms with van der Waals surface area (Å²) in [6, 6.07) is 12.0. The molecule has 0 N–H and O–H groups in total. The van der Waals surface area contributed by atoms with Crippen molar-refractivity contribution in [1.82, 2.24) is 14.9 Å². The van der Waals surface area contributed by atoms with Gasteiger partial charge in [0, 0.05) is 11.9 Å². The molecule has 0 aliphatic carbocycles. The molecule has 2 aromatic carbocycles. The Kier molecular flexibility index (Phi) is 5.25. The summed E-state index contributed by atoms with van der Waals surface area (Å²) < 4.78 is 49.9. The number of halogens is 5. The van der Waals surface area contributed by atoms with Gasteiger partial charge in [-0.2, -0.15) is 19.1 Å². The Morgan fingerprint density at radius 2 is 1.90 bits per heavy atom. The Bertz CT molecular complexity index is 1320. The van der Waals surface area contributed by atoms with Crippen LogP contribution < -0.4 is 0 Å². The summed E-state index contributed by atoms with van der Waals surface area (Å²) in [5.74, 6) is -4.40. The van der Waals surface area contributed by atoms with Crippen LogP contribution in [0.2, 0.25) is 10.0 Å². The third kappa shape index (κ3) is 3.67. The summed E-state index contributed by atoms with van der Waals surface area (Å²) in [4.78, 5) is 0. The van der Waals surface area contributed by atoms with Gasteiger partial charge in [0.2, 0.25) is 0 Å². The second-order valence-electron chi connectivity index (χ2n) is 6.63. The van der Waals surface area contributed by atoms with E-state index in [1.165, 1.54) is 18.2 Å². The molecule has 0 bridgehead atoms. The lowest BCUT2D eigenvalue weighted by Gasteiger charge is -2.15. The molecule has 0 atom stereocenters. The smallest absolute Gasteiger partial charge is 0.287 e. The van der Waals surface area contributed by atoms with Crippen LogP contribution in [-0.4, -0.2) is 14.9 Å². The van der Waals surface area contributed by atoms with Crippen molar-refractivity contribution in [1.29, 1.82) is 5.26 Å². The normalized spacial score (nSPS) is 11.5. The maximum Gasteiger partial charge on any atom is 0.287 e. The highest BCUT2D eigenvalue weighted by Crippen LogP contribution is 2.41. The van der Waals surface area contributed by atoms with Gasteiger partial charge in [0.05, 0.1) is 28.0 Å². The van der Waals surface area contributed by atoms with Gasteiger partial charge in [0.1, 0.15) is 28.8 Å². The van der Waals surface area contributed by atoms with E-state index in [1.54, 1.807) is 18.2 Å². The van der Waals surface area contributed by atoms with Crippen LogP contribution in [0.4, 0.5) is 13.2 Å². The minimum absolute atomic E-state index is 0.00739. The Labute approximate surface area is 184 Å². The zero-order valence-corrected chi connectivity index (χ0v) is 17.2. The average Bonchev–Trinajstić information content (AvgIpc) is 3.31. The molecule has 4 rings (SSSR count). The van der Waals surface area contributed by atoms with Crippen molar-refractivity contribution in [2.24, 2.45) is 0 Å². The zero-order valence-electron chi connectivity index (χ0n) is 15.7. The van der Waals surface area contributed by atoms with Gasteiger partial charge in [-0.25, -0.2) is 9.07 Å². The first-order valence-corrected chi connectivity index (χ1v) is 9.54. The van der Waals surface area contributed by atoms with Crippen LogP contribution in [0, 0.1) is 17.1 Å². The first kappa shape index (κ1) is 21.0. The maximum absolute atomic E-state index is 14.7. The fourth-order valence-electron chi connectivity index (χ4n) is 3.21. The third-order valence-corrected chi connectivity index (χ3v) is 5.04. The molecule has 0 amide bonds. The number of rotatable bonds is 4. The molecule has 4 aromatic rings. The van der Waals surface area contributed by atoms with Gasteiger partial charge >= 0.3 is 0 Å². The Hall–Kier alpha value is -3.28. The second kappa shape index (κ2) is 7.76. The van der Waals surface area contributed by atoms with E-state index in [9.17, 15) is 18.4 Å². The Morgan fingerprint density at radius 1 is 1.16 bits per heavy atom. The van der Waals surface area contributed by atoms with Crippen molar-refractivity contribution in [3.05, 3.63) is 75.8 Å². The monoisotopic (exact) mass is 462 g/mol. The largest absolute Gasteiger partial charge is 0.354 e. The minimum Gasteiger partial charge on any atom is -0.354 e. The summed E-state index contributed by atoms with van der Waals surface area (Å²) in [6.07, 6.45) is 1.13. The highest BCUT2D eigenvalue weighted by Gasteiger charge is 2.37. The van der Waals surface area contributed by atoms with Crippen molar-refractivity contribution in [3.63, 3.8) is 0 Å². The lowest BCUT2D eigenvalue weighted by atomic mass is 10.0. The van der Waals surface area contributed by atoms with Crippen molar-refractivity contribution >= 4 is 23.2 Å². The van der Waals surface area contributed by atoms with Crippen molar-refractivity contribution in [3.8, 4) is 34.3 Å². The van der Waals surface area contributed by atoms with Crippen LogP contribution in [-0.2, 0) is 5.92 Å². The summed E-state index contributed by atoms with van der Waals surface area (Å²) in [5.41, 5.74) is -1.04. The predicted octanol–water partition coefficient (Wildman–Crippen LogP) is 6.62. The van der Waals surface area contributed by atoms with Gasteiger partial charge in [-0.15, -0.1) is 0 Å². The zero-order chi connectivity index (χ0) is 22.3. The number of nitriles is 1. The molecule has 10 heteroatoms. The van der Waals surface area contributed by atoms with Crippen LogP contribution in [0.25, 0.3) is 28.3 Å². The van der Waals surface area contributed by atoms with Gasteiger partial charge in [0.25, 0.3) is 5.92 Å². The molecule has 0 aliphatic heterocycles. The summed E-state index contributed by atoms with van der Waals surface area (Å²) in [5, 5.41) is 17.8. The lowest BCUT2D eigenvalue weighted by Crippen LogP contribution is -2.16. The fraction of sp³-hybridized carbons (Fsp3) is 0.0952. The standard InChI is InChI=1S/C21H11Cl2F3N4O/c1-21(25,26)20-14(10-28-30(20)12-5-2-4-11(22)8-12)19-13(9-27)18(29-31-19)17-15(23)6-3-7-16(17)24/h2-8,10H,1H3. The van der Waals surface area contributed by atoms with Crippen LogP contribution in [0.5, 0.6) is 0 Å². The molecule has 31 heavy (non-hydrogen) atoms. The van der Waals surface area contributed by atoms with E-state index in [2.05, 4.69) is 10.3 Å². The van der Waals surface area contributed by atoms with E-state index in [0.717, 1.165) is 16.9 Å².